The molecule has 0 aromatic rings. The first kappa shape index (κ1) is 12.7. The molecule has 1 saturated heterocycles. The maximum atomic E-state index is 3.92. The summed E-state index contributed by atoms with van der Waals surface area (Å²) >= 11 is 0. The predicted octanol–water partition coefficient (Wildman–Crippen LogP) is 2.80. The van der Waals surface area contributed by atoms with E-state index in [-0.39, 0.29) is 0 Å². The summed E-state index contributed by atoms with van der Waals surface area (Å²) in [7, 11) is 0. The van der Waals surface area contributed by atoms with Crippen molar-refractivity contribution in [3.8, 4) is 0 Å². The Bertz CT molecular complexity index is 320. The van der Waals surface area contributed by atoms with Crippen molar-refractivity contribution in [2.24, 2.45) is 11.8 Å². The van der Waals surface area contributed by atoms with Gasteiger partial charge < -0.3 is 5.32 Å². The standard InChI is InChI=1S/C16H28N2/c1-16(2,3)18-9-7-13(8-10-18)17-15-11-12-5-4-6-14(12)15/h4,6,12-15,17H,5,7-11H2,1-3H3. The van der Waals surface area contributed by atoms with Crippen LogP contribution in [0.2, 0.25) is 0 Å². The Labute approximate surface area is 112 Å². The zero-order valence-electron chi connectivity index (χ0n) is 12.2. The number of rotatable bonds is 2. The second-order valence-electron chi connectivity index (χ2n) is 7.44. The SMILES string of the molecule is CC(C)(C)N1CCC(NC2CC3CC=CC32)CC1. The number of nitrogens with zero attached hydrogens (tertiary/aromatic N) is 1. The highest BCUT2D eigenvalue weighted by molar-refractivity contribution is 5.13. The molecule has 1 aliphatic heterocycles. The van der Waals surface area contributed by atoms with Crippen LogP contribution in [0.5, 0.6) is 0 Å². The molecular formula is C16H28N2. The van der Waals surface area contributed by atoms with E-state index in [0.717, 1.165) is 23.9 Å². The third kappa shape index (κ3) is 2.37. The van der Waals surface area contributed by atoms with E-state index in [4.69, 9.17) is 0 Å². The zero-order chi connectivity index (χ0) is 12.8. The fraction of sp³-hybridized carbons (Fsp3) is 0.875. The van der Waals surface area contributed by atoms with Gasteiger partial charge >= 0.3 is 0 Å². The lowest BCUT2D eigenvalue weighted by atomic mass is 9.71. The van der Waals surface area contributed by atoms with E-state index < -0.39 is 0 Å². The van der Waals surface area contributed by atoms with Gasteiger partial charge in [0.2, 0.25) is 0 Å². The van der Waals surface area contributed by atoms with E-state index >= 15 is 0 Å². The second kappa shape index (κ2) is 4.64. The molecule has 1 N–H and O–H groups in total. The largest absolute Gasteiger partial charge is 0.311 e. The summed E-state index contributed by atoms with van der Waals surface area (Å²) in [5, 5.41) is 3.92. The minimum Gasteiger partial charge on any atom is -0.311 e. The molecule has 1 heterocycles. The number of nitrogens with one attached hydrogen (secondary N) is 1. The Hall–Kier alpha value is -0.340. The number of fused-ring (bicyclic) bond motifs is 1. The normalized spacial score (nSPS) is 37.6. The van der Waals surface area contributed by atoms with Crippen LogP contribution in [-0.4, -0.2) is 35.6 Å². The van der Waals surface area contributed by atoms with E-state index in [1.54, 1.807) is 0 Å². The fourth-order valence-electron chi connectivity index (χ4n) is 3.93. The monoisotopic (exact) mass is 248 g/mol. The van der Waals surface area contributed by atoms with Crippen molar-refractivity contribution < 1.29 is 0 Å². The van der Waals surface area contributed by atoms with Crippen molar-refractivity contribution in [3.05, 3.63) is 12.2 Å². The molecule has 2 nitrogen and oxygen atoms in total. The first-order chi connectivity index (χ1) is 8.54. The van der Waals surface area contributed by atoms with Crippen LogP contribution in [0.25, 0.3) is 0 Å². The predicted molar refractivity (Wildman–Crippen MR) is 76.6 cm³/mol. The molecule has 2 fully saturated rings. The van der Waals surface area contributed by atoms with Gasteiger partial charge in [-0.05, 0) is 58.3 Å². The molecule has 0 aromatic heterocycles. The maximum absolute atomic E-state index is 3.92. The Morgan fingerprint density at radius 1 is 1.17 bits per heavy atom. The van der Waals surface area contributed by atoms with Crippen molar-refractivity contribution >= 4 is 0 Å². The third-order valence-corrected chi connectivity index (χ3v) is 5.26. The quantitative estimate of drug-likeness (QED) is 0.756. The van der Waals surface area contributed by atoms with Crippen LogP contribution in [0.3, 0.4) is 0 Å². The highest BCUT2D eigenvalue weighted by Crippen LogP contribution is 2.43. The van der Waals surface area contributed by atoms with Crippen LogP contribution in [0, 0.1) is 11.8 Å². The summed E-state index contributed by atoms with van der Waals surface area (Å²) in [6.45, 7) is 9.53. The van der Waals surface area contributed by atoms with Crippen LogP contribution >= 0.6 is 0 Å². The smallest absolute Gasteiger partial charge is 0.0138 e. The molecule has 1 saturated carbocycles. The topological polar surface area (TPSA) is 15.3 Å². The van der Waals surface area contributed by atoms with E-state index in [1.807, 2.05) is 0 Å². The Kier molecular flexibility index (Phi) is 3.27. The molecule has 0 aromatic carbocycles. The zero-order valence-corrected chi connectivity index (χ0v) is 12.2. The molecule has 0 amide bonds. The molecule has 18 heavy (non-hydrogen) atoms. The number of likely N-dealkylation sites (tertiary alicyclic amines) is 1. The van der Waals surface area contributed by atoms with Crippen molar-refractivity contribution in [2.75, 3.05) is 13.1 Å². The van der Waals surface area contributed by atoms with Gasteiger partial charge in [0.15, 0.2) is 0 Å². The van der Waals surface area contributed by atoms with Crippen molar-refractivity contribution in [3.63, 3.8) is 0 Å². The fourth-order valence-corrected chi connectivity index (χ4v) is 3.93. The summed E-state index contributed by atoms with van der Waals surface area (Å²) in [6.07, 6.45) is 10.3. The van der Waals surface area contributed by atoms with Crippen molar-refractivity contribution in [1.29, 1.82) is 0 Å². The molecule has 3 unspecified atom stereocenters. The first-order valence-electron chi connectivity index (χ1n) is 7.72. The summed E-state index contributed by atoms with van der Waals surface area (Å²) in [4.78, 5) is 2.63. The molecule has 3 rings (SSSR count). The average Bonchev–Trinajstić information content (AvgIpc) is 2.67. The van der Waals surface area contributed by atoms with Crippen molar-refractivity contribution in [2.45, 2.75) is 64.1 Å². The van der Waals surface area contributed by atoms with Crippen LogP contribution in [-0.2, 0) is 0 Å². The maximum Gasteiger partial charge on any atom is 0.0138 e. The van der Waals surface area contributed by atoms with Crippen LogP contribution < -0.4 is 5.32 Å². The minimum absolute atomic E-state index is 0.348. The molecular weight excluding hydrogens is 220 g/mol. The molecule has 0 spiro atoms. The Balaban J connectivity index is 1.45. The molecule has 3 aliphatic rings. The number of allylic oxidation sites excluding steroid dienone is 1. The first-order valence-corrected chi connectivity index (χ1v) is 7.72. The number of hydrogen-bond donors (Lipinski definition) is 1. The van der Waals surface area contributed by atoms with Gasteiger partial charge in [-0.2, -0.15) is 0 Å². The lowest BCUT2D eigenvalue weighted by Crippen LogP contribution is -2.56. The van der Waals surface area contributed by atoms with Gasteiger partial charge in [0.1, 0.15) is 0 Å². The minimum atomic E-state index is 0.348. The molecule has 3 atom stereocenters. The lowest BCUT2D eigenvalue weighted by Gasteiger charge is -2.46. The van der Waals surface area contributed by atoms with E-state index in [1.165, 1.54) is 38.8 Å². The van der Waals surface area contributed by atoms with Gasteiger partial charge in [-0.15, -0.1) is 0 Å². The van der Waals surface area contributed by atoms with Gasteiger partial charge in [0.25, 0.3) is 0 Å². The summed E-state index contributed by atoms with van der Waals surface area (Å²) in [6, 6.07) is 1.56. The van der Waals surface area contributed by atoms with Crippen LogP contribution in [0.4, 0.5) is 0 Å². The van der Waals surface area contributed by atoms with Gasteiger partial charge in [-0.1, -0.05) is 12.2 Å². The van der Waals surface area contributed by atoms with Crippen LogP contribution in [0.15, 0.2) is 12.2 Å². The molecule has 102 valence electrons. The number of hydrogen-bond acceptors (Lipinski definition) is 2. The van der Waals surface area contributed by atoms with Crippen molar-refractivity contribution in [1.82, 2.24) is 10.2 Å². The average molecular weight is 248 g/mol. The van der Waals surface area contributed by atoms with Gasteiger partial charge in [0, 0.05) is 30.7 Å². The van der Waals surface area contributed by atoms with Gasteiger partial charge in [0.05, 0.1) is 0 Å². The Morgan fingerprint density at radius 3 is 2.50 bits per heavy atom. The van der Waals surface area contributed by atoms with E-state index in [9.17, 15) is 0 Å². The van der Waals surface area contributed by atoms with Crippen LogP contribution in [0.1, 0.15) is 46.5 Å². The highest BCUT2D eigenvalue weighted by Gasteiger charge is 2.42. The molecule has 0 bridgehead atoms. The molecule has 0 radical (unpaired) electrons. The van der Waals surface area contributed by atoms with Gasteiger partial charge in [-0.25, -0.2) is 0 Å². The molecule has 2 heteroatoms. The summed E-state index contributed by atoms with van der Waals surface area (Å²) in [5.74, 6) is 1.85. The Morgan fingerprint density at radius 2 is 1.89 bits per heavy atom. The van der Waals surface area contributed by atoms with E-state index in [2.05, 4.69) is 43.1 Å². The highest BCUT2D eigenvalue weighted by atomic mass is 15.2. The van der Waals surface area contributed by atoms with E-state index in [0.29, 0.717) is 5.54 Å². The second-order valence-corrected chi connectivity index (χ2v) is 7.44. The molecule has 2 aliphatic carbocycles. The number of piperidine rings is 1. The summed E-state index contributed by atoms with van der Waals surface area (Å²) in [5.41, 5.74) is 0.348. The van der Waals surface area contributed by atoms with Gasteiger partial charge in [-0.3, -0.25) is 4.90 Å². The summed E-state index contributed by atoms with van der Waals surface area (Å²) < 4.78 is 0. The third-order valence-electron chi connectivity index (χ3n) is 5.26. The lowest BCUT2D eigenvalue weighted by molar-refractivity contribution is 0.0775.